The first-order valence-corrected chi connectivity index (χ1v) is 8.64. The Morgan fingerprint density at radius 2 is 2.09 bits per heavy atom. The molecule has 0 unspecified atom stereocenters. The molecule has 1 N–H and O–H groups in total. The van der Waals surface area contributed by atoms with Gasteiger partial charge >= 0.3 is 5.97 Å². The van der Waals surface area contributed by atoms with Crippen molar-refractivity contribution in [3.8, 4) is 0 Å². The smallest absolute Gasteiger partial charge is 0.350 e. The molecule has 0 atom stereocenters. The number of sulfonamides is 1. The number of aryl methyl sites for hydroxylation is 1. The van der Waals surface area contributed by atoms with E-state index in [1.807, 2.05) is 0 Å². The molecule has 6 nitrogen and oxygen atoms in total. The second kappa shape index (κ2) is 6.59. The Balaban J connectivity index is 2.37. The van der Waals surface area contributed by atoms with Crippen LogP contribution in [0.15, 0.2) is 23.1 Å². The molecule has 1 heterocycles. The number of esters is 1. The summed E-state index contributed by atoms with van der Waals surface area (Å²) in [6.45, 7) is 1.74. The van der Waals surface area contributed by atoms with E-state index >= 15 is 0 Å². The Hall–Kier alpha value is -2.07. The van der Waals surface area contributed by atoms with Gasteiger partial charge in [0, 0.05) is 6.07 Å². The van der Waals surface area contributed by atoms with E-state index in [4.69, 9.17) is 0 Å². The van der Waals surface area contributed by atoms with Gasteiger partial charge in [0.25, 0.3) is 10.0 Å². The summed E-state index contributed by atoms with van der Waals surface area (Å²) < 4.78 is 57.5. The van der Waals surface area contributed by atoms with Crippen LogP contribution in [0.3, 0.4) is 0 Å². The van der Waals surface area contributed by atoms with Crippen LogP contribution in [-0.4, -0.2) is 26.5 Å². The zero-order chi connectivity index (χ0) is 17.2. The first-order chi connectivity index (χ1) is 10.8. The maximum absolute atomic E-state index is 13.6. The van der Waals surface area contributed by atoms with Gasteiger partial charge in [0.15, 0.2) is 5.13 Å². The lowest BCUT2D eigenvalue weighted by Gasteiger charge is -2.06. The van der Waals surface area contributed by atoms with Crippen LogP contribution in [-0.2, 0) is 21.2 Å². The fourth-order valence-corrected chi connectivity index (χ4v) is 4.02. The summed E-state index contributed by atoms with van der Waals surface area (Å²) in [5.74, 6) is -2.76. The van der Waals surface area contributed by atoms with Gasteiger partial charge in [0.2, 0.25) is 0 Å². The molecule has 10 heteroatoms. The van der Waals surface area contributed by atoms with Crippen molar-refractivity contribution in [3.05, 3.63) is 40.4 Å². The van der Waals surface area contributed by atoms with Crippen molar-refractivity contribution in [3.63, 3.8) is 0 Å². The van der Waals surface area contributed by atoms with Crippen LogP contribution in [0.1, 0.15) is 22.3 Å². The number of halogens is 2. The van der Waals surface area contributed by atoms with Crippen LogP contribution in [0.25, 0.3) is 0 Å². The number of anilines is 1. The Kier molecular flexibility index (Phi) is 4.95. The maximum Gasteiger partial charge on any atom is 0.350 e. The van der Waals surface area contributed by atoms with Gasteiger partial charge in [0.1, 0.15) is 21.4 Å². The lowest BCUT2D eigenvalue weighted by atomic mass is 10.3. The van der Waals surface area contributed by atoms with Crippen LogP contribution in [0.5, 0.6) is 0 Å². The number of rotatable bonds is 5. The summed E-state index contributed by atoms with van der Waals surface area (Å²) in [6.07, 6.45) is 0.383. The Bertz CT molecular complexity index is 850. The zero-order valence-corrected chi connectivity index (χ0v) is 13.7. The number of hydrogen-bond donors (Lipinski definition) is 1. The van der Waals surface area contributed by atoms with E-state index < -0.39 is 32.5 Å². The van der Waals surface area contributed by atoms with Crippen molar-refractivity contribution >= 4 is 32.5 Å². The van der Waals surface area contributed by atoms with Gasteiger partial charge < -0.3 is 4.74 Å². The molecule has 0 amide bonds. The molecular formula is C13H12F2N2O4S2. The molecule has 0 aliphatic rings. The van der Waals surface area contributed by atoms with Crippen LogP contribution < -0.4 is 4.72 Å². The molecule has 0 aliphatic heterocycles. The maximum atomic E-state index is 13.6. The lowest BCUT2D eigenvalue weighted by molar-refractivity contribution is 0.0605. The number of nitrogens with zero attached hydrogens (tertiary/aromatic N) is 1. The van der Waals surface area contributed by atoms with Crippen molar-refractivity contribution in [1.82, 2.24) is 4.98 Å². The van der Waals surface area contributed by atoms with Gasteiger partial charge in [-0.05, 0) is 18.6 Å². The fourth-order valence-electron chi connectivity index (χ4n) is 1.75. The minimum absolute atomic E-state index is 0.106. The van der Waals surface area contributed by atoms with Crippen LogP contribution >= 0.6 is 11.3 Å². The molecular weight excluding hydrogens is 350 g/mol. The first kappa shape index (κ1) is 17.3. The van der Waals surface area contributed by atoms with Crippen molar-refractivity contribution in [2.24, 2.45) is 0 Å². The van der Waals surface area contributed by atoms with E-state index in [2.05, 4.69) is 14.4 Å². The number of carbonyl (C=O) groups is 1. The Labute approximate surface area is 135 Å². The van der Waals surface area contributed by atoms with E-state index in [0.29, 0.717) is 18.2 Å². The third-order valence-electron chi connectivity index (χ3n) is 2.81. The first-order valence-electron chi connectivity index (χ1n) is 6.34. The SMILES string of the molecule is CCc1nc(NS(=O)(=O)c2ccc(F)cc2F)sc1C(=O)OC. The molecule has 0 spiro atoms. The van der Waals surface area contributed by atoms with E-state index in [1.54, 1.807) is 6.92 Å². The molecule has 1 aromatic carbocycles. The van der Waals surface area contributed by atoms with Crippen molar-refractivity contribution in [1.29, 1.82) is 0 Å². The minimum Gasteiger partial charge on any atom is -0.465 e. The summed E-state index contributed by atoms with van der Waals surface area (Å²) in [4.78, 5) is 15.0. The molecule has 2 aromatic rings. The summed E-state index contributed by atoms with van der Waals surface area (Å²) in [5, 5.41) is -0.106. The van der Waals surface area contributed by atoms with Crippen LogP contribution in [0.2, 0.25) is 0 Å². The molecule has 124 valence electrons. The summed E-state index contributed by atoms with van der Waals surface area (Å²) in [5.41, 5.74) is 0.360. The second-order valence-corrected chi connectivity index (χ2v) is 6.97. The minimum atomic E-state index is -4.30. The summed E-state index contributed by atoms with van der Waals surface area (Å²) in [7, 11) is -3.11. The topological polar surface area (TPSA) is 85.4 Å². The highest BCUT2D eigenvalue weighted by molar-refractivity contribution is 7.93. The molecule has 2 rings (SSSR count). The predicted octanol–water partition coefficient (Wildman–Crippen LogP) is 2.57. The van der Waals surface area contributed by atoms with Gasteiger partial charge in [-0.15, -0.1) is 0 Å². The fraction of sp³-hybridized carbons (Fsp3) is 0.231. The van der Waals surface area contributed by atoms with Crippen LogP contribution in [0, 0.1) is 11.6 Å². The Morgan fingerprint density at radius 3 is 2.65 bits per heavy atom. The molecule has 0 saturated heterocycles. The number of aromatic nitrogens is 1. The van der Waals surface area contributed by atoms with Crippen LogP contribution in [0.4, 0.5) is 13.9 Å². The number of carbonyl (C=O) groups excluding carboxylic acids is 1. The highest BCUT2D eigenvalue weighted by Crippen LogP contribution is 2.27. The van der Waals surface area contributed by atoms with Gasteiger partial charge in [-0.25, -0.2) is 27.0 Å². The van der Waals surface area contributed by atoms with E-state index in [-0.39, 0.29) is 10.0 Å². The highest BCUT2D eigenvalue weighted by Gasteiger charge is 2.24. The molecule has 0 fully saturated rings. The molecule has 23 heavy (non-hydrogen) atoms. The average Bonchev–Trinajstić information content (AvgIpc) is 2.88. The Morgan fingerprint density at radius 1 is 1.39 bits per heavy atom. The standard InChI is InChI=1S/C13H12F2N2O4S2/c1-3-9-11(12(18)21-2)22-13(16-9)17-23(19,20)10-5-4-7(14)6-8(10)15/h4-6H,3H2,1-2H3,(H,16,17). The van der Waals surface area contributed by atoms with Gasteiger partial charge in [-0.3, -0.25) is 4.72 Å². The van der Waals surface area contributed by atoms with Crippen molar-refractivity contribution in [2.45, 2.75) is 18.2 Å². The molecule has 0 bridgehead atoms. The molecule has 0 aliphatic carbocycles. The summed E-state index contributed by atoms with van der Waals surface area (Å²) in [6, 6.07) is 2.10. The number of thiazole rings is 1. The molecule has 1 aromatic heterocycles. The van der Waals surface area contributed by atoms with E-state index in [0.717, 1.165) is 23.5 Å². The van der Waals surface area contributed by atoms with Gasteiger partial charge in [-0.1, -0.05) is 18.3 Å². The third kappa shape index (κ3) is 3.64. The number of nitrogens with one attached hydrogen (secondary N) is 1. The zero-order valence-electron chi connectivity index (χ0n) is 12.1. The summed E-state index contributed by atoms with van der Waals surface area (Å²) >= 11 is 0.775. The van der Waals surface area contributed by atoms with Gasteiger partial charge in [0.05, 0.1) is 12.8 Å². The second-order valence-electron chi connectivity index (χ2n) is 4.32. The third-order valence-corrected chi connectivity index (χ3v) is 5.30. The monoisotopic (exact) mass is 362 g/mol. The van der Waals surface area contributed by atoms with Crippen molar-refractivity contribution in [2.75, 3.05) is 11.8 Å². The quantitative estimate of drug-likeness (QED) is 0.827. The van der Waals surface area contributed by atoms with E-state index in [1.165, 1.54) is 7.11 Å². The molecule has 0 radical (unpaired) electrons. The number of hydrogen-bond acceptors (Lipinski definition) is 6. The van der Waals surface area contributed by atoms with E-state index in [9.17, 15) is 22.0 Å². The molecule has 0 saturated carbocycles. The van der Waals surface area contributed by atoms with Crippen molar-refractivity contribution < 1.29 is 26.7 Å². The lowest BCUT2D eigenvalue weighted by Crippen LogP contribution is -2.14. The normalized spacial score (nSPS) is 11.3. The number of benzene rings is 1. The average molecular weight is 362 g/mol. The number of ether oxygens (including phenoxy) is 1. The largest absolute Gasteiger partial charge is 0.465 e. The van der Waals surface area contributed by atoms with Gasteiger partial charge in [-0.2, -0.15) is 0 Å². The highest BCUT2D eigenvalue weighted by atomic mass is 32.2. The number of methoxy groups -OCH3 is 1. The predicted molar refractivity (Wildman–Crippen MR) is 80.0 cm³/mol.